The van der Waals surface area contributed by atoms with Crippen molar-refractivity contribution in [2.24, 2.45) is 0 Å². The number of furan rings is 1. The van der Waals surface area contributed by atoms with Gasteiger partial charge in [-0.15, -0.1) is 11.3 Å². The smallest absolute Gasteiger partial charge is 0.143 e. The van der Waals surface area contributed by atoms with Gasteiger partial charge < -0.3 is 24.5 Å². The first-order chi connectivity index (χ1) is 28.7. The Morgan fingerprint density at radius 1 is 0.534 bits per heavy atom. The summed E-state index contributed by atoms with van der Waals surface area (Å²) in [5.41, 5.74) is 11.1. The van der Waals surface area contributed by atoms with Crippen molar-refractivity contribution in [1.82, 2.24) is 14.8 Å². The summed E-state index contributed by atoms with van der Waals surface area (Å²) < 4.78 is 11.8. The maximum absolute atomic E-state index is 6.90. The van der Waals surface area contributed by atoms with Crippen LogP contribution in [0.3, 0.4) is 0 Å². The Hall–Kier alpha value is -6.54. The monoisotopic (exact) mass is 765 g/mol. The first-order valence-corrected chi connectivity index (χ1v) is 20.7. The van der Waals surface area contributed by atoms with Crippen LogP contribution in [0.5, 0.6) is 0 Å². The zero-order valence-corrected chi connectivity index (χ0v) is 32.5. The molecule has 11 aromatic rings. The van der Waals surface area contributed by atoms with Gasteiger partial charge in [-0.25, -0.2) is 0 Å². The number of thiophene rings is 1. The summed E-state index contributed by atoms with van der Waals surface area (Å²) in [6.07, 6.45) is -0.275. The predicted octanol–water partition coefficient (Wildman–Crippen LogP) is 14.0. The van der Waals surface area contributed by atoms with Crippen LogP contribution < -0.4 is 5.32 Å². The van der Waals surface area contributed by atoms with Crippen molar-refractivity contribution in [3.8, 4) is 16.8 Å². The SMILES string of the molecule is CN1C(c2ccccc2)[N-]C(c2ccc3c(c2)sc2cccc(-c4cccc5c4oc4cc(-n6c7ccccc7c7ccccc76)ccc45)c23)NC1c1ccccc1. The Morgan fingerprint density at radius 2 is 1.19 bits per heavy atom. The van der Waals surface area contributed by atoms with Crippen LogP contribution >= 0.6 is 11.3 Å². The number of fused-ring (bicyclic) bond motifs is 9. The molecule has 1 aliphatic heterocycles. The van der Waals surface area contributed by atoms with E-state index < -0.39 is 0 Å². The molecule has 1 fully saturated rings. The summed E-state index contributed by atoms with van der Waals surface area (Å²) in [6.45, 7) is 0. The highest BCUT2D eigenvalue weighted by Gasteiger charge is 2.28. The zero-order valence-electron chi connectivity index (χ0n) is 31.7. The number of rotatable bonds is 5. The summed E-state index contributed by atoms with van der Waals surface area (Å²) in [5, 5.41) is 16.5. The van der Waals surface area contributed by atoms with Gasteiger partial charge in [0.15, 0.2) is 0 Å². The van der Waals surface area contributed by atoms with Crippen molar-refractivity contribution >= 4 is 75.3 Å². The number of aromatic nitrogens is 1. The molecule has 0 bridgehead atoms. The minimum Gasteiger partial charge on any atom is -0.624 e. The maximum atomic E-state index is 6.90. The first kappa shape index (κ1) is 33.6. The molecular weight excluding hydrogens is 729 g/mol. The third kappa shape index (κ3) is 5.20. The molecule has 1 saturated heterocycles. The molecule has 0 aliphatic carbocycles. The van der Waals surface area contributed by atoms with Crippen molar-refractivity contribution in [1.29, 1.82) is 0 Å². The highest BCUT2D eigenvalue weighted by Crippen LogP contribution is 2.47. The van der Waals surface area contributed by atoms with E-state index in [-0.39, 0.29) is 18.5 Å². The summed E-state index contributed by atoms with van der Waals surface area (Å²) in [7, 11) is 2.16. The first-order valence-electron chi connectivity index (χ1n) is 19.9. The van der Waals surface area contributed by atoms with Crippen LogP contribution in [0.1, 0.15) is 35.2 Å². The largest absolute Gasteiger partial charge is 0.624 e. The zero-order chi connectivity index (χ0) is 38.3. The van der Waals surface area contributed by atoms with Crippen LogP contribution in [0.25, 0.3) is 86.0 Å². The van der Waals surface area contributed by atoms with E-state index in [9.17, 15) is 0 Å². The summed E-state index contributed by atoms with van der Waals surface area (Å²) in [4.78, 5) is 2.33. The number of nitrogens with zero attached hydrogens (tertiary/aromatic N) is 3. The number of hydrogen-bond donors (Lipinski definition) is 1. The van der Waals surface area contributed by atoms with E-state index in [4.69, 9.17) is 9.73 Å². The highest BCUT2D eigenvalue weighted by atomic mass is 32.1. The topological polar surface area (TPSA) is 47.4 Å². The molecule has 0 spiro atoms. The van der Waals surface area contributed by atoms with E-state index in [2.05, 4.69) is 204 Å². The molecule has 0 amide bonds. The second-order valence-electron chi connectivity index (χ2n) is 15.4. The van der Waals surface area contributed by atoms with Crippen LogP contribution in [0, 0.1) is 0 Å². The highest BCUT2D eigenvalue weighted by molar-refractivity contribution is 7.26. The van der Waals surface area contributed by atoms with E-state index in [0.717, 1.165) is 38.8 Å². The van der Waals surface area contributed by atoms with E-state index in [1.807, 2.05) is 11.3 Å². The Balaban J connectivity index is 0.960. The van der Waals surface area contributed by atoms with E-state index in [1.54, 1.807) is 0 Å². The number of para-hydroxylation sites is 3. The quantitative estimate of drug-likeness (QED) is 0.190. The van der Waals surface area contributed by atoms with Gasteiger partial charge in [0.1, 0.15) is 11.2 Å². The molecule has 3 unspecified atom stereocenters. The summed E-state index contributed by atoms with van der Waals surface area (Å²) >= 11 is 1.84. The van der Waals surface area contributed by atoms with Gasteiger partial charge in [-0.1, -0.05) is 163 Å². The van der Waals surface area contributed by atoms with Crippen LogP contribution in [0.4, 0.5) is 0 Å². The molecule has 5 nitrogen and oxygen atoms in total. The molecule has 3 aromatic heterocycles. The molecule has 1 N–H and O–H groups in total. The van der Waals surface area contributed by atoms with Gasteiger partial charge in [0, 0.05) is 59.0 Å². The summed E-state index contributed by atoms with van der Waals surface area (Å²) in [6, 6.07) is 65.4. The van der Waals surface area contributed by atoms with Gasteiger partial charge in [-0.2, -0.15) is 0 Å². The summed E-state index contributed by atoms with van der Waals surface area (Å²) in [5.74, 6) is 0. The fourth-order valence-corrected chi connectivity index (χ4v) is 10.5. The molecule has 0 saturated carbocycles. The van der Waals surface area contributed by atoms with Crippen molar-refractivity contribution in [2.45, 2.75) is 18.5 Å². The fraction of sp³-hybridized carbons (Fsp3) is 0.0769. The molecule has 3 atom stereocenters. The van der Waals surface area contributed by atoms with Gasteiger partial charge in [0.05, 0.1) is 17.2 Å². The minimum absolute atomic E-state index is 0.000892. The van der Waals surface area contributed by atoms with E-state index in [1.165, 1.54) is 58.7 Å². The second-order valence-corrected chi connectivity index (χ2v) is 16.4. The van der Waals surface area contributed by atoms with Crippen LogP contribution in [0.15, 0.2) is 186 Å². The molecule has 6 heteroatoms. The van der Waals surface area contributed by atoms with E-state index in [0.29, 0.717) is 0 Å². The lowest BCUT2D eigenvalue weighted by atomic mass is 9.97. The lowest BCUT2D eigenvalue weighted by molar-refractivity contribution is 0.115. The average molecular weight is 766 g/mol. The lowest BCUT2D eigenvalue weighted by Crippen LogP contribution is -2.45. The second kappa shape index (κ2) is 13.3. The standard InChI is InChI=1S/C52H37N4OS/c1-55-51(32-14-4-2-5-15-32)53-50(54-52(55)33-16-6-3-7-17-33)34-26-28-42-47(30-34)58-46-25-13-20-39(48(42)46)41-22-12-21-40-38-29-27-35(31-45(38)57-49(40)41)56-43-23-10-8-18-36(43)37-19-9-11-24-44(37)56/h2-31,50-53H,1H3/q-1. The number of benzene rings is 8. The van der Waals surface area contributed by atoms with Gasteiger partial charge in [0.2, 0.25) is 0 Å². The van der Waals surface area contributed by atoms with Crippen LogP contribution in [0.2, 0.25) is 0 Å². The minimum atomic E-state index is -0.183. The fourth-order valence-electron chi connectivity index (χ4n) is 9.37. The van der Waals surface area contributed by atoms with Gasteiger partial charge in [0.25, 0.3) is 0 Å². The normalized spacial score (nSPS) is 17.7. The van der Waals surface area contributed by atoms with Crippen LogP contribution in [-0.2, 0) is 0 Å². The lowest BCUT2D eigenvalue weighted by Gasteiger charge is -2.55. The maximum Gasteiger partial charge on any atom is 0.143 e. The third-order valence-electron chi connectivity index (χ3n) is 12.1. The molecule has 0 radical (unpaired) electrons. The molecule has 1 aliphatic rings. The Kier molecular flexibility index (Phi) is 7.68. The van der Waals surface area contributed by atoms with Gasteiger partial charge in [-0.05, 0) is 54.6 Å². The van der Waals surface area contributed by atoms with Gasteiger partial charge in [-0.3, -0.25) is 0 Å². The van der Waals surface area contributed by atoms with Crippen molar-refractivity contribution in [3.63, 3.8) is 0 Å². The molecular formula is C52H37N4OS-. The molecule has 12 rings (SSSR count). The third-order valence-corrected chi connectivity index (χ3v) is 13.2. The molecule has 58 heavy (non-hydrogen) atoms. The Morgan fingerprint density at radius 3 is 1.97 bits per heavy atom. The predicted molar refractivity (Wildman–Crippen MR) is 242 cm³/mol. The number of hydrogen-bond acceptors (Lipinski definition) is 4. The Labute approximate surface area is 339 Å². The average Bonchev–Trinajstić information content (AvgIpc) is 3.96. The van der Waals surface area contributed by atoms with E-state index >= 15 is 0 Å². The number of nitrogens with one attached hydrogen (secondary N) is 1. The van der Waals surface area contributed by atoms with Crippen molar-refractivity contribution in [3.05, 3.63) is 204 Å². The van der Waals surface area contributed by atoms with Crippen LogP contribution in [-0.4, -0.2) is 16.5 Å². The molecule has 278 valence electrons. The molecule has 8 aromatic carbocycles. The van der Waals surface area contributed by atoms with Crippen molar-refractivity contribution in [2.75, 3.05) is 7.05 Å². The van der Waals surface area contributed by atoms with Crippen molar-refractivity contribution < 1.29 is 4.42 Å². The molecule has 4 heterocycles. The van der Waals surface area contributed by atoms with Gasteiger partial charge >= 0.3 is 0 Å². The Bertz CT molecular complexity index is 3240.